The number of nitro benzene ring substituents is 1. The Bertz CT molecular complexity index is 1090. The van der Waals surface area contributed by atoms with Gasteiger partial charge < -0.3 is 10.1 Å². The molecule has 0 bridgehead atoms. The van der Waals surface area contributed by atoms with Gasteiger partial charge >= 0.3 is 0 Å². The number of nitrogens with one attached hydrogen (secondary N) is 1. The van der Waals surface area contributed by atoms with E-state index >= 15 is 0 Å². The van der Waals surface area contributed by atoms with Gasteiger partial charge in [0.1, 0.15) is 6.10 Å². The number of benzene rings is 2. The van der Waals surface area contributed by atoms with Crippen LogP contribution in [-0.2, 0) is 5.41 Å². The van der Waals surface area contributed by atoms with Crippen LogP contribution >= 0.6 is 0 Å². The van der Waals surface area contributed by atoms with Gasteiger partial charge in [0.15, 0.2) is 0 Å². The molecule has 1 aliphatic rings. The molecule has 1 atom stereocenters. The molecule has 0 aliphatic heterocycles. The summed E-state index contributed by atoms with van der Waals surface area (Å²) in [5.74, 6) is 0. The molecule has 0 radical (unpaired) electrons. The first kappa shape index (κ1) is 15.4. The van der Waals surface area contributed by atoms with Crippen LogP contribution in [0.1, 0.15) is 47.9 Å². The summed E-state index contributed by atoms with van der Waals surface area (Å²) in [6, 6.07) is 12.0. The molecule has 1 aromatic heterocycles. The second-order valence-corrected chi connectivity index (χ2v) is 6.84. The molecule has 1 heterocycles. The second kappa shape index (κ2) is 4.91. The smallest absolute Gasteiger partial charge is 0.269 e. The van der Waals surface area contributed by atoms with Crippen molar-refractivity contribution in [2.75, 3.05) is 0 Å². The van der Waals surface area contributed by atoms with E-state index in [0.717, 1.165) is 27.7 Å². The third kappa shape index (κ3) is 2.00. The van der Waals surface area contributed by atoms with Crippen molar-refractivity contribution in [2.45, 2.75) is 25.4 Å². The van der Waals surface area contributed by atoms with E-state index in [0.29, 0.717) is 11.1 Å². The highest BCUT2D eigenvalue weighted by atomic mass is 16.6. The molecule has 6 nitrogen and oxygen atoms in total. The minimum absolute atomic E-state index is 0.00496. The van der Waals surface area contributed by atoms with E-state index in [-0.39, 0.29) is 5.69 Å². The lowest BCUT2D eigenvalue weighted by molar-refractivity contribution is -0.385. The highest BCUT2D eigenvalue weighted by molar-refractivity contribution is 5.88. The zero-order valence-corrected chi connectivity index (χ0v) is 13.7. The summed E-state index contributed by atoms with van der Waals surface area (Å²) in [5.41, 5.74) is 3.77. The van der Waals surface area contributed by atoms with Gasteiger partial charge in [0.2, 0.25) is 0 Å². The fourth-order valence-corrected chi connectivity index (χ4v) is 3.79. The number of nitriles is 1. The van der Waals surface area contributed by atoms with E-state index in [2.05, 4.69) is 11.1 Å². The maximum atomic E-state index is 11.1. The van der Waals surface area contributed by atoms with E-state index in [1.54, 1.807) is 18.2 Å². The molecule has 0 amide bonds. The third-order valence-electron chi connectivity index (χ3n) is 5.08. The van der Waals surface area contributed by atoms with Crippen LogP contribution < -0.4 is 0 Å². The Balaban J connectivity index is 2.03. The van der Waals surface area contributed by atoms with Gasteiger partial charge in [-0.05, 0) is 29.3 Å². The number of H-pyrrole nitrogens is 1. The molecule has 0 fully saturated rings. The fraction of sp³-hybridized carbons (Fsp3) is 0.211. The molecule has 3 aromatic rings. The average molecular weight is 333 g/mol. The maximum Gasteiger partial charge on any atom is 0.269 e. The minimum atomic E-state index is -0.875. The largest absolute Gasteiger partial charge is 0.384 e. The summed E-state index contributed by atoms with van der Waals surface area (Å²) in [4.78, 5) is 14.0. The standard InChI is InChI=1S/C19H15N3O3/c1-19(2)14-8-11(22(24)25)4-6-12(14)17(23)16-13-5-3-10(9-20)7-15(13)21-18(16)19/h3-8,17,21,23H,1-2H3. The lowest BCUT2D eigenvalue weighted by Crippen LogP contribution is -2.29. The Hall–Kier alpha value is -3.17. The van der Waals surface area contributed by atoms with Gasteiger partial charge in [-0.3, -0.25) is 10.1 Å². The first-order valence-electron chi connectivity index (χ1n) is 7.87. The molecule has 0 saturated heterocycles. The second-order valence-electron chi connectivity index (χ2n) is 6.84. The van der Waals surface area contributed by atoms with Crippen molar-refractivity contribution in [3.8, 4) is 6.07 Å². The van der Waals surface area contributed by atoms with E-state index in [1.165, 1.54) is 12.1 Å². The van der Waals surface area contributed by atoms with Crippen molar-refractivity contribution in [2.24, 2.45) is 0 Å². The fourth-order valence-electron chi connectivity index (χ4n) is 3.79. The van der Waals surface area contributed by atoms with Gasteiger partial charge in [-0.25, -0.2) is 0 Å². The molecule has 1 aliphatic carbocycles. The minimum Gasteiger partial charge on any atom is -0.384 e. The Labute approximate surface area is 143 Å². The van der Waals surface area contributed by atoms with Gasteiger partial charge in [0.25, 0.3) is 5.69 Å². The van der Waals surface area contributed by atoms with E-state index in [4.69, 9.17) is 5.26 Å². The first-order chi connectivity index (χ1) is 11.8. The van der Waals surface area contributed by atoms with Crippen molar-refractivity contribution in [1.29, 1.82) is 5.26 Å². The van der Waals surface area contributed by atoms with Gasteiger partial charge in [-0.2, -0.15) is 5.26 Å². The lowest BCUT2D eigenvalue weighted by atomic mass is 9.70. The highest BCUT2D eigenvalue weighted by Gasteiger charge is 2.40. The predicted octanol–water partition coefficient (Wildman–Crippen LogP) is 3.67. The maximum absolute atomic E-state index is 11.1. The molecule has 4 rings (SSSR count). The summed E-state index contributed by atoms with van der Waals surface area (Å²) in [6.07, 6.45) is -0.875. The van der Waals surface area contributed by atoms with Crippen LogP contribution in [0.4, 0.5) is 5.69 Å². The first-order valence-corrected chi connectivity index (χ1v) is 7.87. The Morgan fingerprint density at radius 2 is 2.04 bits per heavy atom. The van der Waals surface area contributed by atoms with Crippen molar-refractivity contribution in [3.63, 3.8) is 0 Å². The highest BCUT2D eigenvalue weighted by Crippen LogP contribution is 2.48. The van der Waals surface area contributed by atoms with E-state index in [9.17, 15) is 15.2 Å². The van der Waals surface area contributed by atoms with Gasteiger partial charge in [-0.15, -0.1) is 0 Å². The number of nitro groups is 1. The number of aromatic amines is 1. The van der Waals surface area contributed by atoms with Crippen LogP contribution in [0.2, 0.25) is 0 Å². The number of nitrogens with zero attached hydrogens (tertiary/aromatic N) is 2. The van der Waals surface area contributed by atoms with Crippen molar-refractivity contribution < 1.29 is 10.0 Å². The molecule has 124 valence electrons. The third-order valence-corrected chi connectivity index (χ3v) is 5.08. The van der Waals surface area contributed by atoms with E-state index < -0.39 is 16.4 Å². The summed E-state index contributed by atoms with van der Waals surface area (Å²) >= 11 is 0. The van der Waals surface area contributed by atoms with E-state index in [1.807, 2.05) is 19.9 Å². The van der Waals surface area contributed by atoms with Crippen molar-refractivity contribution in [3.05, 3.63) is 74.5 Å². The normalized spacial score (nSPS) is 17.6. The number of aliphatic hydroxyl groups excluding tert-OH is 1. The molecule has 1 unspecified atom stereocenters. The van der Waals surface area contributed by atoms with Crippen LogP contribution in [-0.4, -0.2) is 15.0 Å². The summed E-state index contributed by atoms with van der Waals surface area (Å²) in [7, 11) is 0. The Morgan fingerprint density at radius 3 is 2.72 bits per heavy atom. The van der Waals surface area contributed by atoms with Gasteiger partial charge in [0, 0.05) is 39.7 Å². The predicted molar refractivity (Wildman–Crippen MR) is 92.3 cm³/mol. The lowest BCUT2D eigenvalue weighted by Gasteiger charge is -2.35. The van der Waals surface area contributed by atoms with Crippen LogP contribution in [0.3, 0.4) is 0 Å². The number of aliphatic hydroxyl groups is 1. The molecule has 2 N–H and O–H groups in total. The molecular formula is C19H15N3O3. The van der Waals surface area contributed by atoms with Gasteiger partial charge in [-0.1, -0.05) is 19.9 Å². The van der Waals surface area contributed by atoms with Crippen molar-refractivity contribution >= 4 is 16.6 Å². The zero-order chi connectivity index (χ0) is 17.9. The Morgan fingerprint density at radius 1 is 1.28 bits per heavy atom. The quantitative estimate of drug-likeness (QED) is 0.524. The van der Waals surface area contributed by atoms with Crippen molar-refractivity contribution in [1.82, 2.24) is 4.98 Å². The summed E-state index contributed by atoms with van der Waals surface area (Å²) in [6.45, 7) is 3.95. The Kier molecular flexibility index (Phi) is 3.02. The van der Waals surface area contributed by atoms with Crippen LogP contribution in [0.5, 0.6) is 0 Å². The number of hydrogen-bond acceptors (Lipinski definition) is 4. The average Bonchev–Trinajstić information content (AvgIpc) is 2.99. The van der Waals surface area contributed by atoms with Crippen LogP contribution in [0.15, 0.2) is 36.4 Å². The number of rotatable bonds is 1. The topological polar surface area (TPSA) is 103 Å². The zero-order valence-electron chi connectivity index (χ0n) is 13.7. The number of aromatic nitrogens is 1. The molecule has 2 aromatic carbocycles. The number of non-ortho nitro benzene ring substituents is 1. The summed E-state index contributed by atoms with van der Waals surface area (Å²) < 4.78 is 0. The SMILES string of the molecule is CC1(C)c2cc([N+](=O)[O-])ccc2C(O)c2c1[nH]c1cc(C#N)ccc21. The van der Waals surface area contributed by atoms with Crippen LogP contribution in [0.25, 0.3) is 10.9 Å². The number of fused-ring (bicyclic) bond motifs is 4. The molecular weight excluding hydrogens is 318 g/mol. The molecule has 0 spiro atoms. The number of hydrogen-bond donors (Lipinski definition) is 2. The van der Waals surface area contributed by atoms with Gasteiger partial charge in [0.05, 0.1) is 16.6 Å². The molecule has 25 heavy (non-hydrogen) atoms. The monoisotopic (exact) mass is 333 g/mol. The van der Waals surface area contributed by atoms with Crippen LogP contribution in [0, 0.1) is 21.4 Å². The molecule has 0 saturated carbocycles. The molecule has 6 heteroatoms. The summed E-state index contributed by atoms with van der Waals surface area (Å²) in [5, 5.41) is 32.0.